The summed E-state index contributed by atoms with van der Waals surface area (Å²) in [6.45, 7) is 1.84. The first-order valence-electron chi connectivity index (χ1n) is 5.34. The van der Waals surface area contributed by atoms with E-state index in [9.17, 15) is 4.79 Å². The fourth-order valence-electron chi connectivity index (χ4n) is 1.37. The maximum Gasteiger partial charge on any atom is 0.234 e. The van der Waals surface area contributed by atoms with Crippen LogP contribution in [0.15, 0.2) is 22.8 Å². The van der Waals surface area contributed by atoms with Gasteiger partial charge in [0.25, 0.3) is 0 Å². The zero-order valence-electron chi connectivity index (χ0n) is 9.07. The van der Waals surface area contributed by atoms with Gasteiger partial charge in [0, 0.05) is 0 Å². The van der Waals surface area contributed by atoms with Crippen LogP contribution in [0.5, 0.6) is 0 Å². The van der Waals surface area contributed by atoms with Crippen molar-refractivity contribution in [2.45, 2.75) is 19.4 Å². The van der Waals surface area contributed by atoms with Crippen LogP contribution in [0.25, 0.3) is 0 Å². The van der Waals surface area contributed by atoms with Crippen molar-refractivity contribution < 1.29 is 9.21 Å². The van der Waals surface area contributed by atoms with Gasteiger partial charge < -0.3 is 15.1 Å². The highest BCUT2D eigenvalue weighted by atomic mass is 35.5. The number of hydrogen-bond acceptors (Lipinski definition) is 3. The van der Waals surface area contributed by atoms with Crippen LogP contribution >= 0.6 is 12.4 Å². The van der Waals surface area contributed by atoms with Crippen LogP contribution in [0.3, 0.4) is 0 Å². The Morgan fingerprint density at radius 1 is 1.50 bits per heavy atom. The predicted octanol–water partition coefficient (Wildman–Crippen LogP) is 1.32. The van der Waals surface area contributed by atoms with Crippen LogP contribution in [0.4, 0.5) is 0 Å². The Kier molecular flexibility index (Phi) is 5.35. The second kappa shape index (κ2) is 6.55. The van der Waals surface area contributed by atoms with Crippen LogP contribution in [-0.4, -0.2) is 19.0 Å². The summed E-state index contributed by atoms with van der Waals surface area (Å²) >= 11 is 0. The van der Waals surface area contributed by atoms with Gasteiger partial charge in [0.05, 0.1) is 19.4 Å². The van der Waals surface area contributed by atoms with Crippen LogP contribution in [0.1, 0.15) is 18.6 Å². The van der Waals surface area contributed by atoms with E-state index < -0.39 is 0 Å². The zero-order valence-corrected chi connectivity index (χ0v) is 9.89. The fourth-order valence-corrected chi connectivity index (χ4v) is 1.37. The van der Waals surface area contributed by atoms with E-state index in [0.717, 1.165) is 18.2 Å². The topological polar surface area (TPSA) is 54.3 Å². The SMILES string of the molecule is Cl.O=C(CNCC1CC1)NCc1ccco1. The summed E-state index contributed by atoms with van der Waals surface area (Å²) in [5.74, 6) is 1.61. The molecule has 4 nitrogen and oxygen atoms in total. The molecule has 0 bridgehead atoms. The number of carbonyl (C=O) groups is 1. The second-order valence-electron chi connectivity index (χ2n) is 3.93. The molecule has 1 amide bonds. The summed E-state index contributed by atoms with van der Waals surface area (Å²) in [6.07, 6.45) is 4.22. The molecule has 2 rings (SSSR count). The normalized spacial score (nSPS) is 14.2. The average molecular weight is 245 g/mol. The summed E-state index contributed by atoms with van der Waals surface area (Å²) in [4.78, 5) is 11.3. The molecule has 90 valence electrons. The Morgan fingerprint density at radius 3 is 2.94 bits per heavy atom. The Labute approximate surface area is 101 Å². The summed E-state index contributed by atoms with van der Waals surface area (Å²) in [7, 11) is 0. The monoisotopic (exact) mass is 244 g/mol. The first-order valence-corrected chi connectivity index (χ1v) is 5.34. The molecule has 0 saturated heterocycles. The van der Waals surface area contributed by atoms with Crippen LogP contribution in [-0.2, 0) is 11.3 Å². The molecule has 0 radical (unpaired) electrons. The van der Waals surface area contributed by atoms with Crippen LogP contribution in [0, 0.1) is 5.92 Å². The number of carbonyl (C=O) groups excluding carboxylic acids is 1. The molecule has 1 aromatic rings. The van der Waals surface area contributed by atoms with Gasteiger partial charge in [0.2, 0.25) is 5.91 Å². The highest BCUT2D eigenvalue weighted by Gasteiger charge is 2.20. The second-order valence-corrected chi connectivity index (χ2v) is 3.93. The van der Waals surface area contributed by atoms with E-state index in [0.29, 0.717) is 13.1 Å². The maximum absolute atomic E-state index is 11.3. The third kappa shape index (κ3) is 4.68. The van der Waals surface area contributed by atoms with E-state index in [1.165, 1.54) is 12.8 Å². The molecule has 16 heavy (non-hydrogen) atoms. The Balaban J connectivity index is 0.00000128. The molecule has 0 aromatic carbocycles. The van der Waals surface area contributed by atoms with Gasteiger partial charge in [0.15, 0.2) is 0 Å². The van der Waals surface area contributed by atoms with Gasteiger partial charge in [-0.2, -0.15) is 0 Å². The number of halogens is 1. The molecule has 1 aromatic heterocycles. The highest BCUT2D eigenvalue weighted by molar-refractivity contribution is 5.85. The predicted molar refractivity (Wildman–Crippen MR) is 63.4 cm³/mol. The Hall–Kier alpha value is -1.00. The summed E-state index contributed by atoms with van der Waals surface area (Å²) < 4.78 is 5.10. The van der Waals surface area contributed by atoms with Gasteiger partial charge in [0.1, 0.15) is 5.76 Å². The number of furan rings is 1. The van der Waals surface area contributed by atoms with Crippen molar-refractivity contribution in [1.82, 2.24) is 10.6 Å². The van der Waals surface area contributed by atoms with Gasteiger partial charge in [-0.1, -0.05) is 0 Å². The molecule has 1 aliphatic carbocycles. The largest absolute Gasteiger partial charge is 0.467 e. The van der Waals surface area contributed by atoms with Gasteiger partial charge in [-0.25, -0.2) is 0 Å². The molecule has 0 spiro atoms. The van der Waals surface area contributed by atoms with Crippen molar-refractivity contribution in [2.24, 2.45) is 5.92 Å². The van der Waals surface area contributed by atoms with Crippen LogP contribution in [0.2, 0.25) is 0 Å². The molecule has 1 aliphatic rings. The van der Waals surface area contributed by atoms with Crippen molar-refractivity contribution in [3.63, 3.8) is 0 Å². The molecular formula is C11H17ClN2O2. The highest BCUT2D eigenvalue weighted by Crippen LogP contribution is 2.27. The third-order valence-electron chi connectivity index (χ3n) is 2.46. The first-order chi connectivity index (χ1) is 7.34. The van der Waals surface area contributed by atoms with Gasteiger partial charge in [-0.3, -0.25) is 4.79 Å². The van der Waals surface area contributed by atoms with Crippen molar-refractivity contribution in [2.75, 3.05) is 13.1 Å². The fraction of sp³-hybridized carbons (Fsp3) is 0.545. The molecule has 0 unspecified atom stereocenters. The minimum Gasteiger partial charge on any atom is -0.467 e. The number of nitrogens with one attached hydrogen (secondary N) is 2. The molecule has 1 saturated carbocycles. The molecule has 5 heteroatoms. The molecule has 2 N–H and O–H groups in total. The molecule has 1 fully saturated rings. The van der Waals surface area contributed by atoms with Crippen molar-refractivity contribution in [1.29, 1.82) is 0 Å². The van der Waals surface area contributed by atoms with Gasteiger partial charge in [-0.15, -0.1) is 12.4 Å². The summed E-state index contributed by atoms with van der Waals surface area (Å²) in [5.41, 5.74) is 0. The lowest BCUT2D eigenvalue weighted by atomic mass is 10.4. The van der Waals surface area contributed by atoms with Gasteiger partial charge in [-0.05, 0) is 37.4 Å². The van der Waals surface area contributed by atoms with Crippen molar-refractivity contribution in [3.8, 4) is 0 Å². The molecule has 0 atom stereocenters. The Morgan fingerprint density at radius 2 is 2.31 bits per heavy atom. The molecule has 0 aliphatic heterocycles. The number of rotatable bonds is 6. The van der Waals surface area contributed by atoms with E-state index in [1.54, 1.807) is 6.26 Å². The minimum absolute atomic E-state index is 0. The lowest BCUT2D eigenvalue weighted by Gasteiger charge is -2.04. The lowest BCUT2D eigenvalue weighted by Crippen LogP contribution is -2.34. The first kappa shape index (κ1) is 13.1. The number of hydrogen-bond donors (Lipinski definition) is 2. The average Bonchev–Trinajstić information content (AvgIpc) is 2.91. The van der Waals surface area contributed by atoms with Crippen LogP contribution < -0.4 is 10.6 Å². The smallest absolute Gasteiger partial charge is 0.234 e. The third-order valence-corrected chi connectivity index (χ3v) is 2.46. The maximum atomic E-state index is 11.3. The summed E-state index contributed by atoms with van der Waals surface area (Å²) in [6, 6.07) is 3.66. The Bertz CT molecular complexity index is 310. The molecule has 1 heterocycles. The van der Waals surface area contributed by atoms with E-state index in [1.807, 2.05) is 12.1 Å². The van der Waals surface area contributed by atoms with E-state index in [-0.39, 0.29) is 18.3 Å². The zero-order chi connectivity index (χ0) is 10.5. The lowest BCUT2D eigenvalue weighted by molar-refractivity contribution is -0.120. The van der Waals surface area contributed by atoms with Crippen molar-refractivity contribution in [3.05, 3.63) is 24.2 Å². The van der Waals surface area contributed by atoms with Gasteiger partial charge >= 0.3 is 0 Å². The minimum atomic E-state index is 0. The number of amides is 1. The van der Waals surface area contributed by atoms with Crippen molar-refractivity contribution >= 4 is 18.3 Å². The standard InChI is InChI=1S/C11H16N2O2.ClH/c14-11(8-12-6-9-3-4-9)13-7-10-2-1-5-15-10;/h1-2,5,9,12H,3-4,6-8H2,(H,13,14);1H. The summed E-state index contributed by atoms with van der Waals surface area (Å²) in [5, 5.41) is 5.92. The van der Waals surface area contributed by atoms with E-state index in [2.05, 4.69) is 10.6 Å². The van der Waals surface area contributed by atoms with E-state index >= 15 is 0 Å². The molecular weight excluding hydrogens is 228 g/mol. The van der Waals surface area contributed by atoms with E-state index in [4.69, 9.17) is 4.42 Å². The quantitative estimate of drug-likeness (QED) is 0.794.